The third-order valence-corrected chi connectivity index (χ3v) is 6.01. The Balaban J connectivity index is 1.39. The van der Waals surface area contributed by atoms with Gasteiger partial charge in [0, 0.05) is 55.3 Å². The number of anilines is 3. The second-order valence-corrected chi connectivity index (χ2v) is 8.75. The van der Waals surface area contributed by atoms with Gasteiger partial charge in [0.1, 0.15) is 0 Å². The zero-order valence-electron chi connectivity index (χ0n) is 19.2. The topological polar surface area (TPSA) is 47.6 Å². The van der Waals surface area contributed by atoms with E-state index < -0.39 is 0 Å². The number of carbonyl (C=O) groups excluding carboxylic acids is 1. The van der Waals surface area contributed by atoms with E-state index in [1.165, 1.54) is 11.1 Å². The number of amides is 1. The number of rotatable bonds is 6. The second kappa shape index (κ2) is 9.98. The lowest BCUT2D eigenvalue weighted by Crippen LogP contribution is -2.43. The number of nitrogens with one attached hydrogen (secondary N) is 2. The molecule has 0 atom stereocenters. The monoisotopic (exact) mass is 428 g/mol. The van der Waals surface area contributed by atoms with Crippen molar-refractivity contribution in [3.63, 3.8) is 0 Å². The van der Waals surface area contributed by atoms with Gasteiger partial charge in [-0.15, -0.1) is 0 Å². The molecule has 32 heavy (non-hydrogen) atoms. The van der Waals surface area contributed by atoms with Crippen LogP contribution in [-0.4, -0.2) is 48.9 Å². The molecule has 1 saturated heterocycles. The first kappa shape index (κ1) is 22.1. The van der Waals surface area contributed by atoms with Gasteiger partial charge in [-0.05, 0) is 74.0 Å². The first-order valence-corrected chi connectivity index (χ1v) is 11.2. The molecular formula is C27H32N4O. The van der Waals surface area contributed by atoms with Crippen LogP contribution in [0.4, 0.5) is 17.1 Å². The van der Waals surface area contributed by atoms with Crippen molar-refractivity contribution in [3.05, 3.63) is 89.0 Å². The Labute approximate surface area is 191 Å². The highest BCUT2D eigenvalue weighted by molar-refractivity contribution is 6.04. The summed E-state index contributed by atoms with van der Waals surface area (Å²) in [5, 5.41) is 6.49. The molecule has 0 spiro atoms. The molecule has 0 bridgehead atoms. The average molecular weight is 429 g/mol. The van der Waals surface area contributed by atoms with E-state index in [9.17, 15) is 4.79 Å². The lowest BCUT2D eigenvalue weighted by molar-refractivity contribution is 0.102. The first-order chi connectivity index (χ1) is 15.5. The predicted octanol–water partition coefficient (Wildman–Crippen LogP) is 5.05. The van der Waals surface area contributed by atoms with Gasteiger partial charge in [-0.1, -0.05) is 30.3 Å². The summed E-state index contributed by atoms with van der Waals surface area (Å²) in [4.78, 5) is 17.6. The summed E-state index contributed by atoms with van der Waals surface area (Å²) in [6, 6.07) is 22.2. The number of carbonyl (C=O) groups is 1. The number of aryl methyl sites for hydroxylation is 2. The SMILES string of the molecule is Cc1cccc(Nc2cc(NC(=O)c3ccc(CN4CCN(C)CC4)cc3)ccc2C)c1. The van der Waals surface area contributed by atoms with Gasteiger partial charge in [0.15, 0.2) is 0 Å². The molecule has 1 amide bonds. The summed E-state index contributed by atoms with van der Waals surface area (Å²) >= 11 is 0. The molecule has 1 heterocycles. The molecule has 5 heteroatoms. The molecule has 0 unspecified atom stereocenters. The largest absolute Gasteiger partial charge is 0.355 e. The van der Waals surface area contributed by atoms with Gasteiger partial charge in [0.05, 0.1) is 0 Å². The highest BCUT2D eigenvalue weighted by atomic mass is 16.1. The minimum Gasteiger partial charge on any atom is -0.355 e. The Bertz CT molecular complexity index is 1070. The highest BCUT2D eigenvalue weighted by Crippen LogP contribution is 2.25. The smallest absolute Gasteiger partial charge is 0.255 e. The van der Waals surface area contributed by atoms with E-state index in [2.05, 4.69) is 65.6 Å². The molecule has 0 saturated carbocycles. The number of benzene rings is 3. The lowest BCUT2D eigenvalue weighted by atomic mass is 10.1. The summed E-state index contributed by atoms with van der Waals surface area (Å²) in [6.07, 6.45) is 0. The normalized spacial score (nSPS) is 14.8. The zero-order chi connectivity index (χ0) is 22.5. The molecule has 0 aliphatic carbocycles. The van der Waals surface area contributed by atoms with E-state index in [1.807, 2.05) is 42.5 Å². The Kier molecular flexibility index (Phi) is 6.88. The number of piperazine rings is 1. The van der Waals surface area contributed by atoms with Crippen molar-refractivity contribution >= 4 is 23.0 Å². The highest BCUT2D eigenvalue weighted by Gasteiger charge is 2.14. The van der Waals surface area contributed by atoms with E-state index in [0.29, 0.717) is 5.56 Å². The van der Waals surface area contributed by atoms with Crippen LogP contribution in [0.2, 0.25) is 0 Å². The van der Waals surface area contributed by atoms with Crippen molar-refractivity contribution in [2.75, 3.05) is 43.9 Å². The average Bonchev–Trinajstić information content (AvgIpc) is 2.78. The molecule has 1 fully saturated rings. The van der Waals surface area contributed by atoms with Gasteiger partial charge >= 0.3 is 0 Å². The maximum absolute atomic E-state index is 12.8. The summed E-state index contributed by atoms with van der Waals surface area (Å²) in [7, 11) is 2.17. The van der Waals surface area contributed by atoms with Crippen LogP contribution in [0.1, 0.15) is 27.0 Å². The maximum atomic E-state index is 12.8. The van der Waals surface area contributed by atoms with Crippen molar-refractivity contribution in [1.29, 1.82) is 0 Å². The summed E-state index contributed by atoms with van der Waals surface area (Å²) < 4.78 is 0. The van der Waals surface area contributed by atoms with Crippen molar-refractivity contribution in [1.82, 2.24) is 9.80 Å². The fraction of sp³-hybridized carbons (Fsp3) is 0.296. The molecule has 1 aliphatic rings. The molecule has 3 aromatic rings. The van der Waals surface area contributed by atoms with E-state index in [4.69, 9.17) is 0 Å². The van der Waals surface area contributed by atoms with Gasteiger partial charge in [-0.3, -0.25) is 9.69 Å². The molecule has 166 valence electrons. The lowest BCUT2D eigenvalue weighted by Gasteiger charge is -2.32. The first-order valence-electron chi connectivity index (χ1n) is 11.2. The maximum Gasteiger partial charge on any atom is 0.255 e. The van der Waals surface area contributed by atoms with Crippen LogP contribution in [0.5, 0.6) is 0 Å². The molecule has 3 aromatic carbocycles. The number of likely N-dealkylation sites (N-methyl/N-ethyl adjacent to an activating group) is 1. The summed E-state index contributed by atoms with van der Waals surface area (Å²) in [6.45, 7) is 9.46. The number of nitrogens with zero attached hydrogens (tertiary/aromatic N) is 2. The summed E-state index contributed by atoms with van der Waals surface area (Å²) in [5.41, 5.74) is 7.03. The van der Waals surface area contributed by atoms with Crippen molar-refractivity contribution in [3.8, 4) is 0 Å². The quantitative estimate of drug-likeness (QED) is 0.577. The van der Waals surface area contributed by atoms with Gasteiger partial charge in [-0.25, -0.2) is 0 Å². The minimum atomic E-state index is -0.0958. The third kappa shape index (κ3) is 5.75. The van der Waals surface area contributed by atoms with Crippen LogP contribution in [0.3, 0.4) is 0 Å². The van der Waals surface area contributed by atoms with Crippen LogP contribution in [0.15, 0.2) is 66.7 Å². The van der Waals surface area contributed by atoms with Gasteiger partial charge in [-0.2, -0.15) is 0 Å². The Hall–Kier alpha value is -3.15. The van der Waals surface area contributed by atoms with Gasteiger partial charge < -0.3 is 15.5 Å². The zero-order valence-corrected chi connectivity index (χ0v) is 19.2. The van der Waals surface area contributed by atoms with Crippen LogP contribution < -0.4 is 10.6 Å². The van der Waals surface area contributed by atoms with E-state index >= 15 is 0 Å². The van der Waals surface area contributed by atoms with E-state index in [0.717, 1.165) is 55.3 Å². The fourth-order valence-electron chi connectivity index (χ4n) is 3.94. The Morgan fingerprint density at radius 3 is 2.34 bits per heavy atom. The third-order valence-electron chi connectivity index (χ3n) is 6.01. The van der Waals surface area contributed by atoms with Crippen LogP contribution in [-0.2, 0) is 6.54 Å². The molecule has 5 nitrogen and oxygen atoms in total. The summed E-state index contributed by atoms with van der Waals surface area (Å²) in [5.74, 6) is -0.0958. The van der Waals surface area contributed by atoms with Crippen molar-refractivity contribution < 1.29 is 4.79 Å². The van der Waals surface area contributed by atoms with Crippen molar-refractivity contribution in [2.24, 2.45) is 0 Å². The molecule has 1 aliphatic heterocycles. The Morgan fingerprint density at radius 1 is 0.875 bits per heavy atom. The Morgan fingerprint density at radius 2 is 1.62 bits per heavy atom. The van der Waals surface area contributed by atoms with Gasteiger partial charge in [0.2, 0.25) is 0 Å². The standard InChI is InChI=1S/C27H32N4O/c1-20-5-4-6-24(17-20)28-26-18-25(12-7-21(26)2)29-27(32)23-10-8-22(9-11-23)19-31-15-13-30(3)14-16-31/h4-12,17-18,28H,13-16,19H2,1-3H3,(H,29,32). The van der Waals surface area contributed by atoms with Gasteiger partial charge in [0.25, 0.3) is 5.91 Å². The van der Waals surface area contributed by atoms with Crippen LogP contribution >= 0.6 is 0 Å². The predicted molar refractivity (Wildman–Crippen MR) is 133 cm³/mol. The van der Waals surface area contributed by atoms with E-state index in [-0.39, 0.29) is 5.91 Å². The molecular weight excluding hydrogens is 396 g/mol. The number of hydrogen-bond donors (Lipinski definition) is 2. The molecule has 4 rings (SSSR count). The van der Waals surface area contributed by atoms with E-state index in [1.54, 1.807) is 0 Å². The fourth-order valence-corrected chi connectivity index (χ4v) is 3.94. The van der Waals surface area contributed by atoms with Crippen LogP contribution in [0, 0.1) is 13.8 Å². The minimum absolute atomic E-state index is 0.0958. The molecule has 2 N–H and O–H groups in total. The van der Waals surface area contributed by atoms with Crippen LogP contribution in [0.25, 0.3) is 0 Å². The second-order valence-electron chi connectivity index (χ2n) is 8.75. The molecule has 0 aromatic heterocycles. The number of hydrogen-bond acceptors (Lipinski definition) is 4. The van der Waals surface area contributed by atoms with Crippen molar-refractivity contribution in [2.45, 2.75) is 20.4 Å². The molecule has 0 radical (unpaired) electrons.